The molecular weight excluding hydrogens is 273 g/mol. The standard InChI is InChI=1S/C16H18FNO3/c1-10-7-18-14(11(2)15(10)20-3)9-21-16-12(8-19)5-4-6-13(16)17/h4-7,19H,8-9H2,1-3H3. The average molecular weight is 291 g/mol. The molecule has 0 amide bonds. The zero-order chi connectivity index (χ0) is 15.4. The van der Waals surface area contributed by atoms with Crippen molar-refractivity contribution in [2.24, 2.45) is 0 Å². The minimum absolute atomic E-state index is 0.0562. The van der Waals surface area contributed by atoms with Gasteiger partial charge in [-0.1, -0.05) is 12.1 Å². The lowest BCUT2D eigenvalue weighted by Crippen LogP contribution is -2.06. The van der Waals surface area contributed by atoms with E-state index in [0.717, 1.165) is 16.9 Å². The van der Waals surface area contributed by atoms with E-state index in [4.69, 9.17) is 9.47 Å². The number of hydrogen-bond acceptors (Lipinski definition) is 4. The van der Waals surface area contributed by atoms with Crippen LogP contribution in [0.25, 0.3) is 0 Å². The lowest BCUT2D eigenvalue weighted by molar-refractivity contribution is 0.249. The molecule has 21 heavy (non-hydrogen) atoms. The average Bonchev–Trinajstić information content (AvgIpc) is 2.48. The fourth-order valence-electron chi connectivity index (χ4n) is 2.20. The first-order valence-electron chi connectivity index (χ1n) is 6.58. The van der Waals surface area contributed by atoms with Crippen LogP contribution in [-0.2, 0) is 13.2 Å². The van der Waals surface area contributed by atoms with Crippen molar-refractivity contribution in [3.05, 3.63) is 52.6 Å². The second kappa shape index (κ2) is 6.54. The summed E-state index contributed by atoms with van der Waals surface area (Å²) in [5.74, 6) is 0.304. The van der Waals surface area contributed by atoms with Crippen LogP contribution in [0, 0.1) is 19.7 Å². The van der Waals surface area contributed by atoms with Crippen molar-refractivity contribution in [2.75, 3.05) is 7.11 Å². The summed E-state index contributed by atoms with van der Waals surface area (Å²) in [4.78, 5) is 4.30. The Labute approximate surface area is 123 Å². The first kappa shape index (κ1) is 15.3. The molecule has 0 aliphatic rings. The fraction of sp³-hybridized carbons (Fsp3) is 0.312. The molecule has 0 saturated carbocycles. The molecular formula is C16H18FNO3. The van der Waals surface area contributed by atoms with Crippen molar-refractivity contribution < 1.29 is 19.0 Å². The molecule has 0 saturated heterocycles. The summed E-state index contributed by atoms with van der Waals surface area (Å²) in [6.07, 6.45) is 1.69. The van der Waals surface area contributed by atoms with E-state index in [1.807, 2.05) is 13.8 Å². The van der Waals surface area contributed by atoms with Crippen molar-refractivity contribution in [3.8, 4) is 11.5 Å². The smallest absolute Gasteiger partial charge is 0.165 e. The first-order valence-corrected chi connectivity index (χ1v) is 6.58. The van der Waals surface area contributed by atoms with Crippen molar-refractivity contribution in [1.82, 2.24) is 4.98 Å². The van der Waals surface area contributed by atoms with Crippen LogP contribution >= 0.6 is 0 Å². The van der Waals surface area contributed by atoms with Crippen LogP contribution in [0.2, 0.25) is 0 Å². The lowest BCUT2D eigenvalue weighted by Gasteiger charge is -2.14. The number of benzene rings is 1. The van der Waals surface area contributed by atoms with E-state index in [9.17, 15) is 9.50 Å². The summed E-state index contributed by atoms with van der Waals surface area (Å²) >= 11 is 0. The van der Waals surface area contributed by atoms with Gasteiger partial charge in [0.2, 0.25) is 0 Å². The van der Waals surface area contributed by atoms with Gasteiger partial charge < -0.3 is 14.6 Å². The quantitative estimate of drug-likeness (QED) is 0.920. The Hall–Kier alpha value is -2.14. The van der Waals surface area contributed by atoms with Crippen LogP contribution in [-0.4, -0.2) is 17.2 Å². The summed E-state index contributed by atoms with van der Waals surface area (Å²) < 4.78 is 24.6. The summed E-state index contributed by atoms with van der Waals surface area (Å²) in [6.45, 7) is 3.61. The van der Waals surface area contributed by atoms with Gasteiger partial charge in [0.25, 0.3) is 0 Å². The predicted octanol–water partition coefficient (Wildman–Crippen LogP) is 2.92. The third-order valence-electron chi connectivity index (χ3n) is 3.32. The molecule has 112 valence electrons. The highest BCUT2D eigenvalue weighted by Crippen LogP contribution is 2.27. The van der Waals surface area contributed by atoms with E-state index >= 15 is 0 Å². The molecule has 0 bridgehead atoms. The minimum atomic E-state index is -0.502. The molecule has 2 aromatic rings. The molecule has 4 nitrogen and oxygen atoms in total. The molecule has 0 aliphatic heterocycles. The summed E-state index contributed by atoms with van der Waals surface area (Å²) in [7, 11) is 1.60. The molecule has 0 atom stereocenters. The maximum atomic E-state index is 13.8. The SMILES string of the molecule is COc1c(C)cnc(COc2c(F)cccc2CO)c1C. The van der Waals surface area contributed by atoms with Crippen LogP contribution in [0.15, 0.2) is 24.4 Å². The second-order valence-corrected chi connectivity index (χ2v) is 4.72. The highest BCUT2D eigenvalue weighted by atomic mass is 19.1. The maximum Gasteiger partial charge on any atom is 0.165 e. The molecule has 0 aliphatic carbocycles. The van der Waals surface area contributed by atoms with E-state index in [2.05, 4.69) is 4.98 Å². The van der Waals surface area contributed by atoms with Crippen molar-refractivity contribution in [3.63, 3.8) is 0 Å². The number of aryl methyl sites for hydroxylation is 1. The lowest BCUT2D eigenvalue weighted by atomic mass is 10.1. The van der Waals surface area contributed by atoms with E-state index in [0.29, 0.717) is 11.3 Å². The van der Waals surface area contributed by atoms with E-state index in [1.165, 1.54) is 12.1 Å². The number of rotatable bonds is 5. The van der Waals surface area contributed by atoms with Crippen LogP contribution in [0.1, 0.15) is 22.4 Å². The molecule has 1 aromatic carbocycles. The molecule has 1 N–H and O–H groups in total. The van der Waals surface area contributed by atoms with Crippen molar-refractivity contribution in [1.29, 1.82) is 0 Å². The highest BCUT2D eigenvalue weighted by Gasteiger charge is 2.13. The third-order valence-corrected chi connectivity index (χ3v) is 3.32. The summed E-state index contributed by atoms with van der Waals surface area (Å²) in [6, 6.07) is 4.45. The second-order valence-electron chi connectivity index (χ2n) is 4.72. The Morgan fingerprint density at radius 1 is 1.24 bits per heavy atom. The number of aliphatic hydroxyl groups is 1. The van der Waals surface area contributed by atoms with Gasteiger partial charge in [0.1, 0.15) is 12.4 Å². The Morgan fingerprint density at radius 2 is 2.00 bits per heavy atom. The number of aliphatic hydroxyl groups excluding tert-OH is 1. The largest absolute Gasteiger partial charge is 0.496 e. The van der Waals surface area contributed by atoms with Gasteiger partial charge in [0, 0.05) is 22.9 Å². The van der Waals surface area contributed by atoms with E-state index in [-0.39, 0.29) is 19.0 Å². The Kier molecular flexibility index (Phi) is 4.75. The molecule has 0 radical (unpaired) electrons. The molecule has 0 unspecified atom stereocenters. The number of methoxy groups -OCH3 is 1. The first-order chi connectivity index (χ1) is 10.1. The number of hydrogen-bond donors (Lipinski definition) is 1. The van der Waals surface area contributed by atoms with Gasteiger partial charge in [-0.2, -0.15) is 0 Å². The number of nitrogens with zero attached hydrogens (tertiary/aromatic N) is 1. The summed E-state index contributed by atoms with van der Waals surface area (Å²) in [5.41, 5.74) is 2.87. The van der Waals surface area contributed by atoms with Gasteiger partial charge in [-0.3, -0.25) is 4.98 Å². The number of halogens is 1. The molecule has 5 heteroatoms. The van der Waals surface area contributed by atoms with Gasteiger partial charge >= 0.3 is 0 Å². The fourth-order valence-corrected chi connectivity index (χ4v) is 2.20. The number of pyridine rings is 1. The highest BCUT2D eigenvalue weighted by molar-refractivity contribution is 5.41. The number of para-hydroxylation sites is 1. The van der Waals surface area contributed by atoms with Gasteiger partial charge in [-0.15, -0.1) is 0 Å². The topological polar surface area (TPSA) is 51.6 Å². The monoisotopic (exact) mass is 291 g/mol. The zero-order valence-corrected chi connectivity index (χ0v) is 12.3. The van der Waals surface area contributed by atoms with Gasteiger partial charge in [0.05, 0.1) is 19.4 Å². The molecule has 0 fully saturated rings. The number of aromatic nitrogens is 1. The van der Waals surface area contributed by atoms with Crippen LogP contribution in [0.5, 0.6) is 11.5 Å². The van der Waals surface area contributed by atoms with E-state index in [1.54, 1.807) is 19.4 Å². The Balaban J connectivity index is 2.25. The van der Waals surface area contributed by atoms with E-state index < -0.39 is 5.82 Å². The minimum Gasteiger partial charge on any atom is -0.496 e. The van der Waals surface area contributed by atoms with Crippen LogP contribution in [0.3, 0.4) is 0 Å². The van der Waals surface area contributed by atoms with Crippen molar-refractivity contribution >= 4 is 0 Å². The van der Waals surface area contributed by atoms with Gasteiger partial charge in [-0.25, -0.2) is 4.39 Å². The third kappa shape index (κ3) is 3.13. The molecule has 1 heterocycles. The van der Waals surface area contributed by atoms with Crippen molar-refractivity contribution in [2.45, 2.75) is 27.1 Å². The van der Waals surface area contributed by atoms with Crippen LogP contribution < -0.4 is 9.47 Å². The van der Waals surface area contributed by atoms with Gasteiger partial charge in [-0.05, 0) is 19.9 Å². The normalized spacial score (nSPS) is 10.5. The predicted molar refractivity (Wildman–Crippen MR) is 76.9 cm³/mol. The molecule has 0 spiro atoms. The maximum absolute atomic E-state index is 13.8. The summed E-state index contributed by atoms with van der Waals surface area (Å²) in [5, 5.41) is 9.23. The van der Waals surface area contributed by atoms with Gasteiger partial charge in [0.15, 0.2) is 11.6 Å². The Bertz CT molecular complexity index is 644. The molecule has 1 aromatic heterocycles. The van der Waals surface area contributed by atoms with Crippen LogP contribution in [0.4, 0.5) is 4.39 Å². The Morgan fingerprint density at radius 3 is 2.67 bits per heavy atom. The molecule has 2 rings (SSSR count). The zero-order valence-electron chi connectivity index (χ0n) is 12.3. The number of ether oxygens (including phenoxy) is 2.